The van der Waals surface area contributed by atoms with Crippen LogP contribution in [0.1, 0.15) is 18.0 Å². The molecule has 0 spiro atoms. The maximum Gasteiger partial charge on any atom is 0.312 e. The van der Waals surface area contributed by atoms with Crippen LogP contribution in [0.2, 0.25) is 5.02 Å². The van der Waals surface area contributed by atoms with Gasteiger partial charge in [-0.3, -0.25) is 4.79 Å². The van der Waals surface area contributed by atoms with E-state index in [1.54, 1.807) is 55.6 Å². The molecule has 8 heteroatoms. The number of benzene rings is 2. The molecule has 3 amide bonds. The van der Waals surface area contributed by atoms with Crippen LogP contribution >= 0.6 is 11.6 Å². The van der Waals surface area contributed by atoms with Crippen molar-refractivity contribution in [2.24, 2.45) is 5.73 Å². The predicted octanol–water partition coefficient (Wildman–Crippen LogP) is 2.64. The lowest BCUT2D eigenvalue weighted by molar-refractivity contribution is -0.121. The van der Waals surface area contributed by atoms with Gasteiger partial charge in [0.05, 0.1) is 26.1 Å². The second kappa shape index (κ2) is 10.3. The van der Waals surface area contributed by atoms with Crippen molar-refractivity contribution in [2.45, 2.75) is 12.5 Å². The molecule has 4 N–H and O–H groups in total. The van der Waals surface area contributed by atoms with Gasteiger partial charge in [-0.15, -0.1) is 0 Å². The van der Waals surface area contributed by atoms with Gasteiger partial charge >= 0.3 is 6.03 Å². The number of methoxy groups -OCH3 is 1. The normalized spacial score (nSPS) is 11.3. The highest BCUT2D eigenvalue weighted by Crippen LogP contribution is 2.19. The SMILES string of the molecule is COc1ccc(OCCNC(=O)C[C@H](NC(N)=O)c2ccc(Cl)cc2)cc1. The van der Waals surface area contributed by atoms with E-state index in [1.807, 2.05) is 0 Å². The smallest absolute Gasteiger partial charge is 0.312 e. The van der Waals surface area contributed by atoms with E-state index in [1.165, 1.54) is 0 Å². The van der Waals surface area contributed by atoms with Crippen molar-refractivity contribution in [3.63, 3.8) is 0 Å². The van der Waals surface area contributed by atoms with Crippen LogP contribution in [0.15, 0.2) is 48.5 Å². The molecule has 0 heterocycles. The van der Waals surface area contributed by atoms with Crippen LogP contribution in [0.3, 0.4) is 0 Å². The quantitative estimate of drug-likeness (QED) is 0.572. The Morgan fingerprint density at radius 1 is 1.07 bits per heavy atom. The highest BCUT2D eigenvalue weighted by Gasteiger charge is 2.17. The number of nitrogens with one attached hydrogen (secondary N) is 2. The lowest BCUT2D eigenvalue weighted by Gasteiger charge is -2.18. The minimum atomic E-state index is -0.703. The number of rotatable bonds is 9. The van der Waals surface area contributed by atoms with Crippen LogP contribution in [-0.2, 0) is 4.79 Å². The molecule has 0 aromatic heterocycles. The molecule has 1 atom stereocenters. The Bertz CT molecular complexity index is 751. The predicted molar refractivity (Wildman–Crippen MR) is 103 cm³/mol. The minimum absolute atomic E-state index is 0.0487. The van der Waals surface area contributed by atoms with E-state index in [0.29, 0.717) is 23.9 Å². The van der Waals surface area contributed by atoms with Crippen LogP contribution in [0.25, 0.3) is 0 Å². The van der Waals surface area contributed by atoms with Gasteiger partial charge in [-0.05, 0) is 42.0 Å². The molecule has 27 heavy (non-hydrogen) atoms. The third kappa shape index (κ3) is 7.07. The van der Waals surface area contributed by atoms with Gasteiger partial charge in [0.1, 0.15) is 18.1 Å². The van der Waals surface area contributed by atoms with E-state index >= 15 is 0 Å². The Balaban J connectivity index is 1.80. The molecule has 0 radical (unpaired) electrons. The summed E-state index contributed by atoms with van der Waals surface area (Å²) in [6, 6.07) is 12.8. The molecule has 7 nitrogen and oxygen atoms in total. The first kappa shape index (κ1) is 20.4. The topological polar surface area (TPSA) is 103 Å². The van der Waals surface area contributed by atoms with Crippen molar-refractivity contribution in [3.8, 4) is 11.5 Å². The minimum Gasteiger partial charge on any atom is -0.497 e. The van der Waals surface area contributed by atoms with Crippen molar-refractivity contribution < 1.29 is 19.1 Å². The van der Waals surface area contributed by atoms with Gasteiger partial charge in [0.25, 0.3) is 0 Å². The summed E-state index contributed by atoms with van der Waals surface area (Å²) in [6.45, 7) is 0.641. The van der Waals surface area contributed by atoms with E-state index in [4.69, 9.17) is 26.8 Å². The van der Waals surface area contributed by atoms with E-state index in [9.17, 15) is 9.59 Å². The van der Waals surface area contributed by atoms with Gasteiger partial charge < -0.3 is 25.8 Å². The van der Waals surface area contributed by atoms with E-state index < -0.39 is 12.1 Å². The number of halogens is 1. The molecule has 144 valence electrons. The Hall–Kier alpha value is -2.93. The van der Waals surface area contributed by atoms with Crippen molar-refractivity contribution >= 4 is 23.5 Å². The summed E-state index contributed by atoms with van der Waals surface area (Å²) < 4.78 is 10.6. The standard InChI is InChI=1S/C19H22ClN3O4/c1-26-15-6-8-16(9-7-15)27-11-10-22-18(24)12-17(23-19(21)25)13-2-4-14(20)5-3-13/h2-9,17H,10-12H2,1H3,(H,22,24)(H3,21,23,25)/t17-/m0/s1. The van der Waals surface area contributed by atoms with Crippen LogP contribution < -0.4 is 25.8 Å². The van der Waals surface area contributed by atoms with Gasteiger partial charge in [-0.25, -0.2) is 4.79 Å². The Labute approximate surface area is 162 Å². The summed E-state index contributed by atoms with van der Waals surface area (Å²) in [5.74, 6) is 1.19. The zero-order chi connectivity index (χ0) is 19.6. The molecule has 0 saturated heterocycles. The Morgan fingerprint density at radius 2 is 1.70 bits per heavy atom. The summed E-state index contributed by atoms with van der Waals surface area (Å²) in [4.78, 5) is 23.4. The number of urea groups is 1. The summed E-state index contributed by atoms with van der Waals surface area (Å²) in [5.41, 5.74) is 5.95. The molecule has 2 rings (SSSR count). The highest BCUT2D eigenvalue weighted by atomic mass is 35.5. The average molecular weight is 392 g/mol. The van der Waals surface area contributed by atoms with Gasteiger partial charge in [0.15, 0.2) is 0 Å². The highest BCUT2D eigenvalue weighted by molar-refractivity contribution is 6.30. The van der Waals surface area contributed by atoms with Gasteiger partial charge in [0, 0.05) is 5.02 Å². The van der Waals surface area contributed by atoms with Crippen LogP contribution in [-0.4, -0.2) is 32.2 Å². The third-order valence-electron chi connectivity index (χ3n) is 3.73. The Kier molecular flexibility index (Phi) is 7.76. The van der Waals surface area contributed by atoms with Gasteiger partial charge in [0.2, 0.25) is 5.91 Å². The maximum atomic E-state index is 12.2. The summed E-state index contributed by atoms with van der Waals surface area (Å²) in [7, 11) is 1.59. The summed E-state index contributed by atoms with van der Waals surface area (Å²) in [5, 5.41) is 5.89. The molecule has 0 aliphatic rings. The third-order valence-corrected chi connectivity index (χ3v) is 3.98. The first-order valence-corrected chi connectivity index (χ1v) is 8.70. The second-order valence-electron chi connectivity index (χ2n) is 5.69. The van der Waals surface area contributed by atoms with Crippen LogP contribution in [0.4, 0.5) is 4.79 Å². The fraction of sp³-hybridized carbons (Fsp3) is 0.263. The van der Waals surface area contributed by atoms with Crippen LogP contribution in [0, 0.1) is 0 Å². The van der Waals surface area contributed by atoms with Gasteiger partial charge in [-0.2, -0.15) is 0 Å². The van der Waals surface area contributed by atoms with E-state index in [0.717, 1.165) is 11.3 Å². The number of primary amides is 1. The molecule has 0 fully saturated rings. The molecular formula is C19H22ClN3O4. The molecule has 0 aliphatic heterocycles. The fourth-order valence-electron chi connectivity index (χ4n) is 2.41. The maximum absolute atomic E-state index is 12.2. The monoisotopic (exact) mass is 391 g/mol. The van der Waals surface area contributed by atoms with E-state index in [-0.39, 0.29) is 12.3 Å². The summed E-state index contributed by atoms with van der Waals surface area (Å²) >= 11 is 5.87. The lowest BCUT2D eigenvalue weighted by atomic mass is 10.0. The zero-order valence-corrected chi connectivity index (χ0v) is 15.7. The molecule has 0 bridgehead atoms. The van der Waals surface area contributed by atoms with Gasteiger partial charge in [-0.1, -0.05) is 23.7 Å². The average Bonchev–Trinajstić information content (AvgIpc) is 2.65. The van der Waals surface area contributed by atoms with Crippen molar-refractivity contribution in [1.29, 1.82) is 0 Å². The molecule has 2 aromatic carbocycles. The number of ether oxygens (including phenoxy) is 2. The first-order valence-electron chi connectivity index (χ1n) is 8.33. The van der Waals surface area contributed by atoms with E-state index in [2.05, 4.69) is 10.6 Å². The molecule has 0 unspecified atom stereocenters. The van der Waals surface area contributed by atoms with Crippen molar-refractivity contribution in [2.75, 3.05) is 20.3 Å². The Morgan fingerprint density at radius 3 is 2.30 bits per heavy atom. The largest absolute Gasteiger partial charge is 0.497 e. The molecule has 0 aliphatic carbocycles. The molecular weight excluding hydrogens is 370 g/mol. The first-order chi connectivity index (χ1) is 13.0. The molecule has 0 saturated carbocycles. The van der Waals surface area contributed by atoms with Crippen molar-refractivity contribution in [1.82, 2.24) is 10.6 Å². The summed E-state index contributed by atoms with van der Waals surface area (Å²) in [6.07, 6.45) is 0.0487. The number of nitrogens with two attached hydrogens (primary N) is 1. The van der Waals surface area contributed by atoms with Crippen molar-refractivity contribution in [3.05, 3.63) is 59.1 Å². The number of carbonyl (C=O) groups excluding carboxylic acids is 2. The zero-order valence-electron chi connectivity index (χ0n) is 14.9. The fourth-order valence-corrected chi connectivity index (χ4v) is 2.53. The second-order valence-corrected chi connectivity index (χ2v) is 6.13. The number of amides is 3. The van der Waals surface area contributed by atoms with Crippen LogP contribution in [0.5, 0.6) is 11.5 Å². The lowest BCUT2D eigenvalue weighted by Crippen LogP contribution is -2.37. The number of hydrogen-bond donors (Lipinski definition) is 3. The molecule has 2 aromatic rings. The number of carbonyl (C=O) groups is 2. The number of hydrogen-bond acceptors (Lipinski definition) is 4.